The average Bonchev–Trinajstić information content (AvgIpc) is 3.03. The molecule has 0 aliphatic carbocycles. The summed E-state index contributed by atoms with van der Waals surface area (Å²) in [7, 11) is -2.87. The Kier molecular flexibility index (Phi) is 11.0. The Morgan fingerprint density at radius 2 is 1.62 bits per heavy atom. The van der Waals surface area contributed by atoms with E-state index in [1.807, 2.05) is 25.8 Å². The number of aromatic hydroxyl groups is 2. The van der Waals surface area contributed by atoms with E-state index in [1.54, 1.807) is 0 Å². The highest BCUT2D eigenvalue weighted by Crippen LogP contribution is 2.47. The van der Waals surface area contributed by atoms with Crippen LogP contribution >= 0.6 is 12.0 Å². The van der Waals surface area contributed by atoms with Crippen LogP contribution in [-0.2, 0) is 19.5 Å². The van der Waals surface area contributed by atoms with E-state index >= 15 is 0 Å². The third kappa shape index (κ3) is 8.17. The van der Waals surface area contributed by atoms with E-state index in [4.69, 9.17) is 5.26 Å². The molecule has 2 unspecified atom stereocenters. The monoisotopic (exact) mass is 736 g/mol. The third-order valence-electron chi connectivity index (χ3n) is 7.81. The number of piperazine rings is 1. The number of nitrogens with one attached hydrogen (secondary N) is 1. The molecule has 50 heavy (non-hydrogen) atoms. The summed E-state index contributed by atoms with van der Waals surface area (Å²) in [6, 6.07) is 6.06. The van der Waals surface area contributed by atoms with Gasteiger partial charge in [-0.15, -0.1) is 9.45 Å². The second-order valence-corrected chi connectivity index (χ2v) is 13.5. The molecule has 9 N–H and O–H groups in total. The largest absolute Gasteiger partial charge is 0.505 e. The number of aliphatic hydroxyl groups is 4. The van der Waals surface area contributed by atoms with E-state index in [2.05, 4.69) is 44.8 Å². The molecule has 2 atom stereocenters. The Hall–Kier alpha value is -4.33. The number of azo groups is 1. The van der Waals surface area contributed by atoms with Crippen LogP contribution in [0.5, 0.6) is 11.8 Å². The summed E-state index contributed by atoms with van der Waals surface area (Å²) in [5.41, 5.74) is -0.990. The molecule has 1 aromatic heterocycles. The minimum Gasteiger partial charge on any atom is -0.505 e. The van der Waals surface area contributed by atoms with Gasteiger partial charge in [0, 0.05) is 41.7 Å². The predicted octanol–water partition coefficient (Wildman–Crippen LogP) is 2.77. The molecule has 0 amide bonds. The minimum absolute atomic E-state index is 0.0285. The van der Waals surface area contributed by atoms with Gasteiger partial charge in [0.2, 0.25) is 11.9 Å². The van der Waals surface area contributed by atoms with E-state index in [1.165, 1.54) is 6.07 Å². The maximum Gasteiger partial charge on any atom is 0.320 e. The molecule has 268 valence electrons. The molecular formula is C28H32N8O12S2. The summed E-state index contributed by atoms with van der Waals surface area (Å²) in [6.45, 7) is 5.13. The van der Waals surface area contributed by atoms with Gasteiger partial charge in [0.15, 0.2) is 18.3 Å². The Morgan fingerprint density at radius 1 is 0.940 bits per heavy atom. The molecule has 1 aliphatic heterocycles. The number of fused-ring (bicyclic) bond motifs is 1. The number of phenolic OH excluding ortho intramolecular Hbond substituents is 1. The predicted molar refractivity (Wildman–Crippen MR) is 175 cm³/mol. The summed E-state index contributed by atoms with van der Waals surface area (Å²) in [6.07, 6.45) is -4.02. The number of benzene rings is 3. The number of hydrogen-bond donors (Lipinski definition) is 9. The number of hydrogen-bond acceptors (Lipinski definition) is 20. The molecule has 1 fully saturated rings. The van der Waals surface area contributed by atoms with Crippen molar-refractivity contribution < 1.29 is 58.2 Å². The topological polar surface area (TPSA) is 296 Å². The summed E-state index contributed by atoms with van der Waals surface area (Å²) >= 11 is 0.317. The molecule has 0 saturated carbocycles. The first-order chi connectivity index (χ1) is 23.5. The number of likely N-dealkylation sites (N-methyl/N-ethyl adjacent to an activating group) is 1. The van der Waals surface area contributed by atoms with Crippen LogP contribution in [0, 0.1) is 0 Å². The molecule has 20 nitrogen and oxygen atoms in total. The number of phenols is 1. The lowest BCUT2D eigenvalue weighted by molar-refractivity contribution is -0.432. The molecular weight excluding hydrogens is 704 g/mol. The Balaban J connectivity index is 1.67. The summed E-state index contributed by atoms with van der Waals surface area (Å²) in [4.78, 5) is 15.7. The van der Waals surface area contributed by atoms with Gasteiger partial charge in [0.05, 0.1) is 33.2 Å². The van der Waals surface area contributed by atoms with Crippen molar-refractivity contribution in [2.45, 2.75) is 48.3 Å². The van der Waals surface area contributed by atoms with Gasteiger partial charge in [-0.25, -0.2) is 5.26 Å². The molecule has 22 heteroatoms. The van der Waals surface area contributed by atoms with Gasteiger partial charge >= 0.3 is 6.01 Å². The Morgan fingerprint density at radius 3 is 2.24 bits per heavy atom. The molecule has 3 aromatic carbocycles. The van der Waals surface area contributed by atoms with E-state index in [9.17, 15) is 43.6 Å². The maximum atomic E-state index is 12.3. The summed E-state index contributed by atoms with van der Waals surface area (Å²) in [5, 5.41) is 83.7. The van der Waals surface area contributed by atoms with Crippen molar-refractivity contribution in [3.63, 3.8) is 0 Å². The van der Waals surface area contributed by atoms with Gasteiger partial charge in [-0.3, -0.25) is 9.45 Å². The van der Waals surface area contributed by atoms with Crippen LogP contribution in [0.3, 0.4) is 0 Å². The van der Waals surface area contributed by atoms with Crippen LogP contribution in [0.2, 0.25) is 0 Å². The Bertz CT molecular complexity index is 2010. The number of rotatable bonds is 11. The first kappa shape index (κ1) is 36.9. The van der Waals surface area contributed by atoms with E-state index in [0.717, 1.165) is 30.3 Å². The van der Waals surface area contributed by atoms with Crippen molar-refractivity contribution >= 4 is 61.9 Å². The zero-order valence-corrected chi connectivity index (χ0v) is 28.0. The zero-order valence-electron chi connectivity index (χ0n) is 26.3. The smallest absolute Gasteiger partial charge is 0.320 e. The third-order valence-corrected chi connectivity index (χ3v) is 9.26. The van der Waals surface area contributed by atoms with Gasteiger partial charge < -0.3 is 40.9 Å². The summed E-state index contributed by atoms with van der Waals surface area (Å²) < 4.78 is 39.1. The fraction of sp³-hybridized carbons (Fsp3) is 0.321. The molecule has 4 aromatic rings. The Labute approximate surface area is 287 Å². The quantitative estimate of drug-likeness (QED) is 0.0267. The van der Waals surface area contributed by atoms with Gasteiger partial charge in [-0.2, -0.15) is 28.5 Å². The highest BCUT2D eigenvalue weighted by molar-refractivity contribution is 7.94. The van der Waals surface area contributed by atoms with Crippen LogP contribution < -0.4 is 10.2 Å². The lowest BCUT2D eigenvalue weighted by atomic mass is 10.1. The molecule has 0 bridgehead atoms. The minimum atomic E-state index is -4.85. The van der Waals surface area contributed by atoms with Gasteiger partial charge in [0.25, 0.3) is 10.1 Å². The first-order valence-corrected chi connectivity index (χ1v) is 16.7. The van der Waals surface area contributed by atoms with Crippen molar-refractivity contribution in [2.75, 3.05) is 30.4 Å². The molecule has 5 rings (SSSR count). The van der Waals surface area contributed by atoms with E-state index < -0.39 is 39.4 Å². The van der Waals surface area contributed by atoms with E-state index in [0.29, 0.717) is 25.1 Å². The van der Waals surface area contributed by atoms with Gasteiger partial charge in [-0.05, 0) is 62.7 Å². The molecule has 1 saturated heterocycles. The maximum absolute atomic E-state index is 12.3. The highest BCUT2D eigenvalue weighted by Gasteiger charge is 2.30. The second-order valence-electron chi connectivity index (χ2n) is 11.3. The molecule has 2 heterocycles. The lowest BCUT2D eigenvalue weighted by Gasteiger charge is -2.42. The van der Waals surface area contributed by atoms with Crippen molar-refractivity contribution in [3.05, 3.63) is 47.5 Å². The van der Waals surface area contributed by atoms with Gasteiger partial charge in [0.1, 0.15) is 5.69 Å². The highest BCUT2D eigenvalue weighted by atomic mass is 32.2. The SMILES string of the molecule is CC1CN(c2nc(O)nc(Nc3cc(S(=O)(=O)O)cc4cc(SOOO)c(/N=N/c5cc(C(O)O)cc(C(O)O)c5)c(O)c34)n2)C(C)CN1C. The van der Waals surface area contributed by atoms with Crippen LogP contribution in [0.25, 0.3) is 10.8 Å². The standard InChI is InChI=1S/C28H32N8O12S2/c1-12-11-36(13(2)10-35(12)3)27-30-26(31-28(42)32-27)29-19-9-18(50(44,45)46)7-14-8-20(49-48-47-43)22(23(37)21(14)19)34-33-17-5-15(24(38)39)4-16(6-17)25(40)41/h4-9,12-13,24-25,37-41,43H,10-11H2,1-3H3,(H,44,45,46)(H2,29,30,31,32,42)/b34-33+. The van der Waals surface area contributed by atoms with Crippen LogP contribution in [0.1, 0.15) is 37.6 Å². The van der Waals surface area contributed by atoms with Crippen molar-refractivity contribution in [2.24, 2.45) is 10.2 Å². The fourth-order valence-corrected chi connectivity index (χ4v) is 6.32. The van der Waals surface area contributed by atoms with Crippen LogP contribution in [0.15, 0.2) is 56.4 Å². The molecule has 0 spiro atoms. The van der Waals surface area contributed by atoms with Crippen LogP contribution in [-0.4, -0.2) is 101 Å². The van der Waals surface area contributed by atoms with Crippen molar-refractivity contribution in [3.8, 4) is 11.8 Å². The number of nitrogens with zero attached hydrogens (tertiary/aromatic N) is 7. The number of aromatic nitrogens is 3. The fourth-order valence-electron chi connectivity index (χ4n) is 5.28. The summed E-state index contributed by atoms with van der Waals surface area (Å²) in [5.74, 6) is -0.808. The van der Waals surface area contributed by atoms with Crippen molar-refractivity contribution in [1.29, 1.82) is 0 Å². The van der Waals surface area contributed by atoms with Gasteiger partial charge in [-0.1, -0.05) is 5.04 Å². The zero-order chi connectivity index (χ0) is 36.5. The van der Waals surface area contributed by atoms with Crippen molar-refractivity contribution in [1.82, 2.24) is 19.9 Å². The molecule has 1 aliphatic rings. The molecule has 0 radical (unpaired) electrons. The normalized spacial score (nSPS) is 17.5. The van der Waals surface area contributed by atoms with E-state index in [-0.39, 0.29) is 67.8 Å². The first-order valence-electron chi connectivity index (χ1n) is 14.5. The number of anilines is 3. The second kappa shape index (κ2) is 14.9. The van der Waals surface area contributed by atoms with Crippen LogP contribution in [0.4, 0.5) is 29.0 Å². The number of aliphatic hydroxyl groups excluding tert-OH is 2. The lowest BCUT2D eigenvalue weighted by Crippen LogP contribution is -2.55. The average molecular weight is 737 g/mol.